The van der Waals surface area contributed by atoms with E-state index in [-0.39, 0.29) is 0 Å². The number of carboxylic acid groups (broad SMARTS) is 1. The van der Waals surface area contributed by atoms with Crippen molar-refractivity contribution in [1.29, 1.82) is 5.26 Å². The van der Waals surface area contributed by atoms with Gasteiger partial charge >= 0.3 is 5.97 Å². The van der Waals surface area contributed by atoms with E-state index < -0.39 is 5.97 Å². The van der Waals surface area contributed by atoms with Crippen LogP contribution < -0.4 is 0 Å². The quantitative estimate of drug-likeness (QED) is 0.251. The largest absolute Gasteiger partial charge is 0.478 e. The van der Waals surface area contributed by atoms with Gasteiger partial charge in [-0.1, -0.05) is 56.7 Å². The van der Waals surface area contributed by atoms with Crippen molar-refractivity contribution in [2.45, 2.75) is 20.0 Å². The van der Waals surface area contributed by atoms with Crippen molar-refractivity contribution < 1.29 is 14.6 Å². The number of ether oxygens (including phenoxy) is 1. The molecule has 1 unspecified atom stereocenters. The number of hydrogen-bond acceptors (Lipinski definition) is 3. The smallest absolute Gasteiger partial charge is 0.327 e. The van der Waals surface area contributed by atoms with Gasteiger partial charge in [-0.15, -0.1) is 19.7 Å². The monoisotopic (exact) mass is 333 g/mol. The second-order valence-corrected chi connectivity index (χ2v) is 3.27. The molecule has 0 spiro atoms. The molecule has 1 fully saturated rings. The summed E-state index contributed by atoms with van der Waals surface area (Å²) in [6, 6.07) is 1.69. The lowest BCUT2D eigenvalue weighted by Gasteiger charge is -1.64. The zero-order valence-corrected chi connectivity index (χ0v) is 15.0. The van der Waals surface area contributed by atoms with E-state index in [0.29, 0.717) is 6.10 Å². The fraction of sp³-hybridized carbons (Fsp3) is 0.200. The van der Waals surface area contributed by atoms with Crippen LogP contribution in [0.3, 0.4) is 0 Å². The molecule has 4 nitrogen and oxygen atoms in total. The van der Waals surface area contributed by atoms with Gasteiger partial charge in [0.2, 0.25) is 0 Å². The Morgan fingerprint density at radius 1 is 1.08 bits per heavy atom. The molecule has 1 N–H and O–H groups in total. The highest BCUT2D eigenvalue weighted by molar-refractivity contribution is 5.78. The zero-order chi connectivity index (χ0) is 20.2. The lowest BCUT2D eigenvalue weighted by atomic mass is 10.5. The van der Waals surface area contributed by atoms with Gasteiger partial charge in [-0.25, -0.2) is 4.79 Å². The molecule has 1 saturated heterocycles. The minimum absolute atomic E-state index is 0.398. The Morgan fingerprint density at radius 2 is 1.33 bits per heavy atom. The highest BCUT2D eigenvalue weighted by atomic mass is 16.6. The minimum Gasteiger partial charge on any atom is -0.478 e. The third-order valence-corrected chi connectivity index (χ3v) is 1.05. The number of hydrogen-bond donors (Lipinski definition) is 1. The molecule has 1 heterocycles. The molecule has 1 atom stereocenters. The summed E-state index contributed by atoms with van der Waals surface area (Å²) in [5, 5.41) is 15.1. The van der Waals surface area contributed by atoms with E-state index in [4.69, 9.17) is 15.1 Å². The number of rotatable bonds is 3. The lowest BCUT2D eigenvalue weighted by Crippen LogP contribution is -1.82. The van der Waals surface area contributed by atoms with Crippen molar-refractivity contribution in [1.82, 2.24) is 0 Å². The van der Waals surface area contributed by atoms with Gasteiger partial charge < -0.3 is 9.84 Å². The maximum atomic E-state index is 9.25. The number of nitriles is 1. The third kappa shape index (κ3) is 168. The maximum Gasteiger partial charge on any atom is 0.327 e. The van der Waals surface area contributed by atoms with Crippen molar-refractivity contribution in [3.63, 3.8) is 0 Å². The second kappa shape index (κ2) is 42.7. The van der Waals surface area contributed by atoms with E-state index in [2.05, 4.69) is 46.1 Å². The Morgan fingerprint density at radius 3 is 1.33 bits per heavy atom. The Labute approximate surface area is 147 Å². The molecular weight excluding hydrogens is 302 g/mol. The summed E-state index contributed by atoms with van der Waals surface area (Å²) in [5.41, 5.74) is 0. The molecule has 0 radical (unpaired) electrons. The Kier molecular flexibility index (Phi) is 58.6. The summed E-state index contributed by atoms with van der Waals surface area (Å²) in [6.45, 7) is 27.7. The molecule has 1 rings (SSSR count). The summed E-state index contributed by atoms with van der Waals surface area (Å²) in [5.74, 6) is -0.981. The van der Waals surface area contributed by atoms with Crippen LogP contribution in [-0.4, -0.2) is 23.8 Å². The Balaban J connectivity index is -0.0000000611. The van der Waals surface area contributed by atoms with E-state index >= 15 is 0 Å². The van der Waals surface area contributed by atoms with Crippen LogP contribution in [-0.2, 0) is 9.53 Å². The number of carbonyl (C=O) groups is 1. The standard InChI is InChI=1S/C4H6O.C4H6.C3H3N.C3H4O2.2C3H6/c1-2-4-3-5-4;1-3-4-2;1-2-3-4;1-2-3(4)5;2*1-3-2/h2,4H,1,3H2;3-4H,1-2H2;2H,1H2;2H,1H2,(H,4,5);2*3H,1H2,2H3. The molecule has 0 aliphatic carbocycles. The number of epoxide rings is 1. The number of nitrogens with zero attached hydrogens (tertiary/aromatic N) is 1. The highest BCUT2D eigenvalue weighted by Gasteiger charge is 2.16. The number of aliphatic carboxylic acids is 1. The summed E-state index contributed by atoms with van der Waals surface area (Å²) in [7, 11) is 0. The molecule has 4 heteroatoms. The van der Waals surface area contributed by atoms with E-state index in [1.807, 2.05) is 13.8 Å². The summed E-state index contributed by atoms with van der Waals surface area (Å²) >= 11 is 0. The minimum atomic E-state index is -0.981. The van der Waals surface area contributed by atoms with Crippen molar-refractivity contribution in [2.24, 2.45) is 0 Å². The van der Waals surface area contributed by atoms with E-state index in [0.717, 1.165) is 12.7 Å². The first kappa shape index (κ1) is 32.9. The zero-order valence-electron chi connectivity index (χ0n) is 15.0. The van der Waals surface area contributed by atoms with Gasteiger partial charge in [0.05, 0.1) is 18.8 Å². The predicted molar refractivity (Wildman–Crippen MR) is 106 cm³/mol. The molecule has 0 amide bonds. The van der Waals surface area contributed by atoms with Crippen molar-refractivity contribution in [3.8, 4) is 6.07 Å². The molecule has 1 aliphatic rings. The topological polar surface area (TPSA) is 73.6 Å². The fourth-order valence-corrected chi connectivity index (χ4v) is 0.192. The van der Waals surface area contributed by atoms with E-state index in [9.17, 15) is 4.79 Å². The molecule has 134 valence electrons. The van der Waals surface area contributed by atoms with Crippen LogP contribution >= 0.6 is 0 Å². The Hall–Kier alpha value is -2.90. The van der Waals surface area contributed by atoms with Crippen LogP contribution in [0.2, 0.25) is 0 Å². The van der Waals surface area contributed by atoms with Crippen LogP contribution in [0.4, 0.5) is 0 Å². The van der Waals surface area contributed by atoms with E-state index in [1.165, 1.54) is 6.08 Å². The first-order chi connectivity index (χ1) is 11.4. The van der Waals surface area contributed by atoms with Gasteiger partial charge in [-0.05, 0) is 13.8 Å². The lowest BCUT2D eigenvalue weighted by molar-refractivity contribution is -0.131. The average molecular weight is 333 g/mol. The number of carboxylic acids is 1. The van der Waals surface area contributed by atoms with Crippen LogP contribution in [0.1, 0.15) is 13.8 Å². The summed E-state index contributed by atoms with van der Waals surface area (Å²) < 4.78 is 4.74. The molecule has 0 aromatic rings. The maximum absolute atomic E-state index is 9.25. The number of allylic oxidation sites excluding steroid dienone is 5. The normalized spacial score (nSPS) is 10.8. The second-order valence-electron chi connectivity index (χ2n) is 3.27. The van der Waals surface area contributed by atoms with Crippen LogP contribution in [0, 0.1) is 11.3 Å². The van der Waals surface area contributed by atoms with Gasteiger partial charge in [0.15, 0.2) is 0 Å². The molecular formula is C20H31NO3. The highest BCUT2D eigenvalue weighted by Crippen LogP contribution is 2.07. The molecule has 24 heavy (non-hydrogen) atoms. The molecule has 1 aliphatic heterocycles. The first-order valence-corrected chi connectivity index (χ1v) is 6.84. The average Bonchev–Trinajstić information content (AvgIpc) is 3.41. The van der Waals surface area contributed by atoms with Gasteiger partial charge in [-0.2, -0.15) is 5.26 Å². The van der Waals surface area contributed by atoms with Gasteiger partial charge in [0.25, 0.3) is 0 Å². The summed E-state index contributed by atoms with van der Waals surface area (Å²) in [4.78, 5) is 9.25. The van der Waals surface area contributed by atoms with Crippen LogP contribution in [0.25, 0.3) is 0 Å². The molecule has 0 aromatic heterocycles. The fourth-order valence-electron chi connectivity index (χ4n) is 0.192. The van der Waals surface area contributed by atoms with Crippen molar-refractivity contribution in [3.05, 3.63) is 88.6 Å². The third-order valence-electron chi connectivity index (χ3n) is 1.05. The van der Waals surface area contributed by atoms with E-state index in [1.54, 1.807) is 36.4 Å². The van der Waals surface area contributed by atoms with Crippen molar-refractivity contribution in [2.75, 3.05) is 6.61 Å². The first-order valence-electron chi connectivity index (χ1n) is 6.84. The van der Waals surface area contributed by atoms with Crippen LogP contribution in [0.5, 0.6) is 0 Å². The van der Waals surface area contributed by atoms with Gasteiger partial charge in [0.1, 0.15) is 0 Å². The molecule has 0 aromatic carbocycles. The SMILES string of the molecule is C=CC.C=CC.C=CC#N.C=CC(=O)O.C=CC1CO1.C=CC=C. The summed E-state index contributed by atoms with van der Waals surface area (Å²) in [6.07, 6.45) is 11.0. The van der Waals surface area contributed by atoms with Crippen LogP contribution in [0.15, 0.2) is 88.6 Å². The van der Waals surface area contributed by atoms with Crippen molar-refractivity contribution >= 4 is 5.97 Å². The molecule has 0 saturated carbocycles. The van der Waals surface area contributed by atoms with Gasteiger partial charge in [0, 0.05) is 12.2 Å². The van der Waals surface area contributed by atoms with Gasteiger partial charge in [-0.3, -0.25) is 0 Å². The Bertz CT molecular complexity index is 374. The molecule has 0 bridgehead atoms. The predicted octanol–water partition coefficient (Wildman–Crippen LogP) is 5.27.